The van der Waals surface area contributed by atoms with Crippen molar-refractivity contribution in [1.82, 2.24) is 0 Å². The van der Waals surface area contributed by atoms with Crippen molar-refractivity contribution in [3.63, 3.8) is 0 Å². The minimum absolute atomic E-state index is 0.0100. The van der Waals surface area contributed by atoms with E-state index >= 15 is 0 Å². The third-order valence-corrected chi connectivity index (χ3v) is 3.34. The van der Waals surface area contributed by atoms with Crippen molar-refractivity contribution in [2.75, 3.05) is 25.6 Å². The SMILES string of the molecule is COCCOc1cc(F)ccc1Nc1cc(C(F)(F)F)ccc1C(=O)O. The van der Waals surface area contributed by atoms with E-state index in [0.29, 0.717) is 12.1 Å². The fourth-order valence-corrected chi connectivity index (χ4v) is 2.11. The second-order valence-corrected chi connectivity index (χ2v) is 5.17. The summed E-state index contributed by atoms with van der Waals surface area (Å²) in [5, 5.41) is 11.8. The zero-order valence-electron chi connectivity index (χ0n) is 13.6. The van der Waals surface area contributed by atoms with E-state index in [9.17, 15) is 27.5 Å². The molecule has 0 amide bonds. The average Bonchev–Trinajstić information content (AvgIpc) is 2.56. The summed E-state index contributed by atoms with van der Waals surface area (Å²) in [6.07, 6.45) is -4.64. The van der Waals surface area contributed by atoms with Gasteiger partial charge in [0.2, 0.25) is 0 Å². The van der Waals surface area contributed by atoms with Crippen LogP contribution in [-0.4, -0.2) is 31.4 Å². The normalized spacial score (nSPS) is 11.3. The number of carboxylic acid groups (broad SMARTS) is 1. The first-order chi connectivity index (χ1) is 12.2. The number of alkyl halides is 3. The van der Waals surface area contributed by atoms with Crippen LogP contribution >= 0.6 is 0 Å². The molecule has 2 aromatic carbocycles. The summed E-state index contributed by atoms with van der Waals surface area (Å²) in [7, 11) is 1.44. The molecule has 0 heterocycles. The van der Waals surface area contributed by atoms with E-state index in [4.69, 9.17) is 9.47 Å². The van der Waals surface area contributed by atoms with E-state index in [1.165, 1.54) is 13.2 Å². The number of benzene rings is 2. The van der Waals surface area contributed by atoms with Crippen molar-refractivity contribution in [1.29, 1.82) is 0 Å². The predicted octanol–water partition coefficient (Wildman–Crippen LogP) is 4.31. The summed E-state index contributed by atoms with van der Waals surface area (Å²) >= 11 is 0. The minimum atomic E-state index is -4.64. The van der Waals surface area contributed by atoms with Gasteiger partial charge in [-0.15, -0.1) is 0 Å². The predicted molar refractivity (Wildman–Crippen MR) is 85.5 cm³/mol. The number of methoxy groups -OCH3 is 1. The summed E-state index contributed by atoms with van der Waals surface area (Å²) in [5.41, 5.74) is -1.57. The van der Waals surface area contributed by atoms with Crippen LogP contribution in [0.25, 0.3) is 0 Å². The second-order valence-electron chi connectivity index (χ2n) is 5.17. The molecule has 2 N–H and O–H groups in total. The lowest BCUT2D eigenvalue weighted by Crippen LogP contribution is -2.10. The van der Waals surface area contributed by atoms with Gasteiger partial charge in [-0.2, -0.15) is 13.2 Å². The van der Waals surface area contributed by atoms with Crippen molar-refractivity contribution in [2.45, 2.75) is 6.18 Å². The quantitative estimate of drug-likeness (QED) is 0.559. The van der Waals surface area contributed by atoms with Gasteiger partial charge in [0.15, 0.2) is 0 Å². The summed E-state index contributed by atoms with van der Waals surface area (Å²) in [5.74, 6) is -2.02. The van der Waals surface area contributed by atoms with Gasteiger partial charge in [-0.3, -0.25) is 0 Å². The molecular weight excluding hydrogens is 358 g/mol. The van der Waals surface area contributed by atoms with Crippen LogP contribution in [0.4, 0.5) is 28.9 Å². The van der Waals surface area contributed by atoms with Crippen molar-refractivity contribution < 1.29 is 36.9 Å². The number of carbonyl (C=O) groups is 1. The first-order valence-corrected chi connectivity index (χ1v) is 7.35. The lowest BCUT2D eigenvalue weighted by Gasteiger charge is -2.16. The largest absolute Gasteiger partial charge is 0.489 e. The van der Waals surface area contributed by atoms with E-state index in [-0.39, 0.29) is 35.9 Å². The number of rotatable bonds is 7. The third-order valence-electron chi connectivity index (χ3n) is 3.34. The molecule has 0 aliphatic rings. The average molecular weight is 373 g/mol. The number of ether oxygens (including phenoxy) is 2. The van der Waals surface area contributed by atoms with Crippen LogP contribution < -0.4 is 10.1 Å². The van der Waals surface area contributed by atoms with E-state index in [1.807, 2.05) is 0 Å². The molecule has 0 fully saturated rings. The zero-order valence-corrected chi connectivity index (χ0v) is 13.6. The number of hydrogen-bond donors (Lipinski definition) is 2. The number of nitrogens with one attached hydrogen (secondary N) is 1. The first kappa shape index (κ1) is 19.5. The highest BCUT2D eigenvalue weighted by Crippen LogP contribution is 2.35. The molecule has 140 valence electrons. The Morgan fingerprint density at radius 3 is 2.46 bits per heavy atom. The molecule has 26 heavy (non-hydrogen) atoms. The standard InChI is InChI=1S/C17H15F4NO4/c1-25-6-7-26-15-9-11(18)3-5-13(15)22-14-8-10(17(19,20)21)2-4-12(14)16(23)24/h2-5,8-9,22H,6-7H2,1H3,(H,23,24). The highest BCUT2D eigenvalue weighted by atomic mass is 19.4. The fourth-order valence-electron chi connectivity index (χ4n) is 2.11. The van der Waals surface area contributed by atoms with Crippen LogP contribution in [0.2, 0.25) is 0 Å². The molecule has 5 nitrogen and oxygen atoms in total. The molecule has 0 bridgehead atoms. The summed E-state index contributed by atoms with van der Waals surface area (Å²) < 4.78 is 62.3. The Hall–Kier alpha value is -2.81. The van der Waals surface area contributed by atoms with Gasteiger partial charge < -0.3 is 19.9 Å². The van der Waals surface area contributed by atoms with E-state index in [0.717, 1.165) is 18.2 Å². The van der Waals surface area contributed by atoms with Gasteiger partial charge in [0.25, 0.3) is 0 Å². The molecule has 2 rings (SSSR count). The molecule has 0 saturated carbocycles. The summed E-state index contributed by atoms with van der Waals surface area (Å²) in [6, 6.07) is 5.54. The summed E-state index contributed by atoms with van der Waals surface area (Å²) in [4.78, 5) is 11.3. The summed E-state index contributed by atoms with van der Waals surface area (Å²) in [6.45, 7) is 0.281. The highest BCUT2D eigenvalue weighted by Gasteiger charge is 2.31. The number of carboxylic acids is 1. The van der Waals surface area contributed by atoms with Crippen molar-refractivity contribution >= 4 is 17.3 Å². The van der Waals surface area contributed by atoms with Gasteiger partial charge in [-0.05, 0) is 30.3 Å². The molecule has 0 saturated heterocycles. The second kappa shape index (κ2) is 8.05. The van der Waals surface area contributed by atoms with Crippen LogP contribution in [0.1, 0.15) is 15.9 Å². The molecule has 9 heteroatoms. The molecule has 0 unspecified atom stereocenters. The van der Waals surface area contributed by atoms with Crippen LogP contribution in [-0.2, 0) is 10.9 Å². The number of halogens is 4. The highest BCUT2D eigenvalue weighted by molar-refractivity contribution is 5.95. The fraction of sp³-hybridized carbons (Fsp3) is 0.235. The maximum Gasteiger partial charge on any atom is 0.416 e. The zero-order chi connectivity index (χ0) is 19.3. The van der Waals surface area contributed by atoms with E-state index in [1.54, 1.807) is 0 Å². The van der Waals surface area contributed by atoms with Crippen molar-refractivity contribution in [3.05, 3.63) is 53.3 Å². The third kappa shape index (κ3) is 4.85. The van der Waals surface area contributed by atoms with Gasteiger partial charge in [0.05, 0.1) is 29.1 Å². The Labute approximate surface area is 146 Å². The molecule has 0 aromatic heterocycles. The Morgan fingerprint density at radius 2 is 1.85 bits per heavy atom. The number of hydrogen-bond acceptors (Lipinski definition) is 4. The number of anilines is 2. The van der Waals surface area contributed by atoms with Crippen molar-refractivity contribution in [3.8, 4) is 5.75 Å². The Balaban J connectivity index is 2.42. The Kier molecular flexibility index (Phi) is 6.04. The smallest absolute Gasteiger partial charge is 0.416 e. The molecule has 0 atom stereocenters. The lowest BCUT2D eigenvalue weighted by molar-refractivity contribution is -0.137. The molecule has 2 aromatic rings. The lowest BCUT2D eigenvalue weighted by atomic mass is 10.1. The molecule has 0 aliphatic heterocycles. The van der Waals surface area contributed by atoms with Gasteiger partial charge in [-0.25, -0.2) is 9.18 Å². The van der Waals surface area contributed by atoms with Gasteiger partial charge in [0, 0.05) is 13.2 Å². The monoisotopic (exact) mass is 373 g/mol. The minimum Gasteiger partial charge on any atom is -0.489 e. The van der Waals surface area contributed by atoms with Gasteiger partial charge >= 0.3 is 12.1 Å². The van der Waals surface area contributed by atoms with Crippen LogP contribution in [0, 0.1) is 5.82 Å². The van der Waals surface area contributed by atoms with Gasteiger partial charge in [0.1, 0.15) is 18.2 Å². The Bertz CT molecular complexity index is 793. The molecule has 0 aliphatic carbocycles. The molecular formula is C17H15F4NO4. The maximum absolute atomic E-state index is 13.4. The molecule has 0 spiro atoms. The molecule has 0 radical (unpaired) electrons. The first-order valence-electron chi connectivity index (χ1n) is 7.35. The maximum atomic E-state index is 13.4. The Morgan fingerprint density at radius 1 is 1.12 bits per heavy atom. The van der Waals surface area contributed by atoms with E-state index < -0.39 is 23.5 Å². The van der Waals surface area contributed by atoms with Crippen LogP contribution in [0.5, 0.6) is 5.75 Å². The van der Waals surface area contributed by atoms with Gasteiger partial charge in [-0.1, -0.05) is 0 Å². The van der Waals surface area contributed by atoms with Crippen LogP contribution in [0.15, 0.2) is 36.4 Å². The topological polar surface area (TPSA) is 67.8 Å². The van der Waals surface area contributed by atoms with Crippen molar-refractivity contribution in [2.24, 2.45) is 0 Å². The van der Waals surface area contributed by atoms with Crippen LogP contribution in [0.3, 0.4) is 0 Å². The number of aromatic carboxylic acids is 1. The van der Waals surface area contributed by atoms with E-state index in [2.05, 4.69) is 5.32 Å².